The molecule has 2 aromatic carbocycles. The lowest BCUT2D eigenvalue weighted by Crippen LogP contribution is -2.14. The van der Waals surface area contributed by atoms with Gasteiger partial charge in [-0.25, -0.2) is 4.98 Å². The number of halogens is 1. The Hall–Kier alpha value is -2.24. The van der Waals surface area contributed by atoms with E-state index in [4.69, 9.17) is 11.6 Å². The Bertz CT molecular complexity index is 845. The van der Waals surface area contributed by atoms with Crippen molar-refractivity contribution in [1.29, 1.82) is 0 Å². The van der Waals surface area contributed by atoms with Crippen LogP contribution in [0.3, 0.4) is 0 Å². The van der Waals surface area contributed by atoms with Crippen molar-refractivity contribution in [3.05, 3.63) is 65.3 Å². The predicted molar refractivity (Wildman–Crippen MR) is 99.6 cm³/mol. The third kappa shape index (κ3) is 4.40. The highest BCUT2D eigenvalue weighted by molar-refractivity contribution is 7.99. The number of anilines is 1. The van der Waals surface area contributed by atoms with Gasteiger partial charge in [-0.05, 0) is 42.3 Å². The Morgan fingerprint density at radius 3 is 2.79 bits per heavy atom. The standard InChI is InChI=1S/C18H16ClN3OS/c1-12-3-2-4-15(9-12)21-17(23)11-24-18-20-10-16(22-18)13-5-7-14(19)8-6-13/h2-10H,11H2,1H3,(H,20,22)(H,21,23). The van der Waals surface area contributed by atoms with Crippen molar-refractivity contribution in [3.63, 3.8) is 0 Å². The van der Waals surface area contributed by atoms with Gasteiger partial charge in [-0.3, -0.25) is 4.79 Å². The fourth-order valence-corrected chi connectivity index (χ4v) is 2.98. The van der Waals surface area contributed by atoms with Gasteiger partial charge in [0.25, 0.3) is 0 Å². The second-order valence-electron chi connectivity index (χ2n) is 5.32. The molecule has 3 aromatic rings. The van der Waals surface area contributed by atoms with Crippen LogP contribution < -0.4 is 5.32 Å². The van der Waals surface area contributed by atoms with Crippen LogP contribution in [-0.2, 0) is 4.79 Å². The van der Waals surface area contributed by atoms with Gasteiger partial charge in [-0.15, -0.1) is 0 Å². The van der Waals surface area contributed by atoms with E-state index in [9.17, 15) is 4.79 Å². The summed E-state index contributed by atoms with van der Waals surface area (Å²) in [6.45, 7) is 1.99. The number of hydrogen-bond donors (Lipinski definition) is 2. The van der Waals surface area contributed by atoms with Gasteiger partial charge >= 0.3 is 0 Å². The summed E-state index contributed by atoms with van der Waals surface area (Å²) in [6.07, 6.45) is 1.75. The molecule has 0 aliphatic carbocycles. The topological polar surface area (TPSA) is 57.8 Å². The van der Waals surface area contributed by atoms with Crippen LogP contribution in [0.2, 0.25) is 5.02 Å². The predicted octanol–water partition coefficient (Wildman–Crippen LogP) is 4.77. The number of hydrogen-bond acceptors (Lipinski definition) is 3. The SMILES string of the molecule is Cc1cccc(NC(=O)CSc2ncc(-c3ccc(Cl)cc3)[nH]2)c1. The number of thioether (sulfide) groups is 1. The van der Waals surface area contributed by atoms with Gasteiger partial charge in [0.05, 0.1) is 17.6 Å². The largest absolute Gasteiger partial charge is 0.333 e. The molecule has 0 saturated heterocycles. The van der Waals surface area contributed by atoms with Crippen molar-refractivity contribution in [3.8, 4) is 11.3 Å². The first kappa shape index (κ1) is 16.6. The van der Waals surface area contributed by atoms with Crippen molar-refractivity contribution in [1.82, 2.24) is 9.97 Å². The Labute approximate surface area is 149 Å². The van der Waals surface area contributed by atoms with Crippen molar-refractivity contribution in [2.24, 2.45) is 0 Å². The number of imidazole rings is 1. The van der Waals surface area contributed by atoms with Gasteiger partial charge in [0.15, 0.2) is 5.16 Å². The Kier molecular flexibility index (Phi) is 5.23. The number of aromatic amines is 1. The van der Waals surface area contributed by atoms with E-state index in [2.05, 4.69) is 15.3 Å². The first-order valence-electron chi connectivity index (χ1n) is 7.40. The van der Waals surface area contributed by atoms with Crippen LogP contribution in [0, 0.1) is 6.92 Å². The normalized spacial score (nSPS) is 10.6. The highest BCUT2D eigenvalue weighted by Gasteiger charge is 2.08. The van der Waals surface area contributed by atoms with Crippen molar-refractivity contribution >= 4 is 35.0 Å². The molecule has 0 saturated carbocycles. The number of benzene rings is 2. The van der Waals surface area contributed by atoms with Crippen LogP contribution in [0.15, 0.2) is 59.9 Å². The molecule has 2 N–H and O–H groups in total. The Balaban J connectivity index is 1.57. The maximum Gasteiger partial charge on any atom is 0.234 e. The van der Waals surface area contributed by atoms with Crippen LogP contribution in [0.25, 0.3) is 11.3 Å². The number of carbonyl (C=O) groups excluding carboxylic acids is 1. The third-order valence-corrected chi connectivity index (χ3v) is 4.49. The maximum absolute atomic E-state index is 12.0. The molecule has 0 aliphatic heterocycles. The molecule has 0 unspecified atom stereocenters. The van der Waals surface area contributed by atoms with E-state index in [1.165, 1.54) is 11.8 Å². The molecule has 24 heavy (non-hydrogen) atoms. The van der Waals surface area contributed by atoms with E-state index >= 15 is 0 Å². The summed E-state index contributed by atoms with van der Waals surface area (Å²) in [6, 6.07) is 15.2. The molecule has 0 atom stereocenters. The van der Waals surface area contributed by atoms with E-state index in [1.807, 2.05) is 55.5 Å². The van der Waals surface area contributed by atoms with Crippen molar-refractivity contribution in [2.45, 2.75) is 12.1 Å². The molecule has 1 amide bonds. The molecular formula is C18H16ClN3OS. The smallest absolute Gasteiger partial charge is 0.234 e. The first-order chi connectivity index (χ1) is 11.6. The van der Waals surface area contributed by atoms with Crippen LogP contribution >= 0.6 is 23.4 Å². The lowest BCUT2D eigenvalue weighted by atomic mass is 10.2. The number of amides is 1. The molecule has 4 nitrogen and oxygen atoms in total. The average Bonchev–Trinajstić information content (AvgIpc) is 3.03. The van der Waals surface area contributed by atoms with E-state index < -0.39 is 0 Å². The summed E-state index contributed by atoms with van der Waals surface area (Å²) < 4.78 is 0. The summed E-state index contributed by atoms with van der Waals surface area (Å²) in [5, 5.41) is 4.28. The van der Waals surface area contributed by atoms with E-state index in [0.717, 1.165) is 22.5 Å². The minimum atomic E-state index is -0.0601. The lowest BCUT2D eigenvalue weighted by Gasteiger charge is -2.05. The molecule has 1 aromatic heterocycles. The first-order valence-corrected chi connectivity index (χ1v) is 8.77. The van der Waals surface area contributed by atoms with Gasteiger partial charge in [-0.1, -0.05) is 47.6 Å². The third-order valence-electron chi connectivity index (χ3n) is 3.35. The lowest BCUT2D eigenvalue weighted by molar-refractivity contribution is -0.113. The van der Waals surface area contributed by atoms with Gasteiger partial charge in [0, 0.05) is 10.7 Å². The Morgan fingerprint density at radius 1 is 1.25 bits per heavy atom. The zero-order chi connectivity index (χ0) is 16.9. The minimum absolute atomic E-state index is 0.0601. The summed E-state index contributed by atoms with van der Waals surface area (Å²) in [4.78, 5) is 19.5. The van der Waals surface area contributed by atoms with E-state index in [-0.39, 0.29) is 5.91 Å². The molecular weight excluding hydrogens is 342 g/mol. The van der Waals surface area contributed by atoms with Crippen molar-refractivity contribution < 1.29 is 4.79 Å². The fourth-order valence-electron chi connectivity index (χ4n) is 2.21. The number of aryl methyl sites for hydroxylation is 1. The molecule has 0 radical (unpaired) electrons. The van der Waals surface area contributed by atoms with Crippen LogP contribution in [0.5, 0.6) is 0 Å². The van der Waals surface area contributed by atoms with Gasteiger partial charge in [-0.2, -0.15) is 0 Å². The van der Waals surface area contributed by atoms with E-state index in [0.29, 0.717) is 15.9 Å². The number of rotatable bonds is 5. The second kappa shape index (κ2) is 7.55. The van der Waals surface area contributed by atoms with Gasteiger partial charge in [0.1, 0.15) is 0 Å². The molecule has 0 aliphatic rings. The maximum atomic E-state index is 12.0. The fraction of sp³-hybridized carbons (Fsp3) is 0.111. The molecule has 6 heteroatoms. The molecule has 0 bridgehead atoms. The van der Waals surface area contributed by atoms with Gasteiger partial charge < -0.3 is 10.3 Å². The zero-order valence-corrected chi connectivity index (χ0v) is 14.6. The minimum Gasteiger partial charge on any atom is -0.333 e. The highest BCUT2D eigenvalue weighted by atomic mass is 35.5. The number of nitrogens with one attached hydrogen (secondary N) is 2. The monoisotopic (exact) mass is 357 g/mol. The molecule has 1 heterocycles. The summed E-state index contributed by atoms with van der Waals surface area (Å²) in [5.74, 6) is 0.233. The quantitative estimate of drug-likeness (QED) is 0.647. The second-order valence-corrected chi connectivity index (χ2v) is 6.72. The summed E-state index contributed by atoms with van der Waals surface area (Å²) in [5.41, 5.74) is 3.82. The number of nitrogens with zero attached hydrogens (tertiary/aromatic N) is 1. The molecule has 0 fully saturated rings. The highest BCUT2D eigenvalue weighted by Crippen LogP contribution is 2.23. The van der Waals surface area contributed by atoms with E-state index in [1.54, 1.807) is 6.20 Å². The Morgan fingerprint density at radius 2 is 2.04 bits per heavy atom. The summed E-state index contributed by atoms with van der Waals surface area (Å²) >= 11 is 7.26. The average molecular weight is 358 g/mol. The van der Waals surface area contributed by atoms with Crippen LogP contribution in [0.4, 0.5) is 5.69 Å². The number of carbonyl (C=O) groups is 1. The van der Waals surface area contributed by atoms with Crippen molar-refractivity contribution in [2.75, 3.05) is 11.1 Å². The molecule has 3 rings (SSSR count). The molecule has 122 valence electrons. The van der Waals surface area contributed by atoms with Crippen LogP contribution in [-0.4, -0.2) is 21.6 Å². The van der Waals surface area contributed by atoms with Crippen LogP contribution in [0.1, 0.15) is 5.56 Å². The number of H-pyrrole nitrogens is 1. The molecule has 0 spiro atoms. The summed E-state index contributed by atoms with van der Waals surface area (Å²) in [7, 11) is 0. The number of aromatic nitrogens is 2. The zero-order valence-electron chi connectivity index (χ0n) is 13.0. The van der Waals surface area contributed by atoms with Gasteiger partial charge in [0.2, 0.25) is 5.91 Å².